The van der Waals surface area contributed by atoms with E-state index in [-0.39, 0.29) is 29.0 Å². The first kappa shape index (κ1) is 26.4. The highest BCUT2D eigenvalue weighted by Gasteiger charge is 2.35. The van der Waals surface area contributed by atoms with Gasteiger partial charge in [-0.1, -0.05) is 24.0 Å². The van der Waals surface area contributed by atoms with Crippen LogP contribution in [0.25, 0.3) is 6.08 Å². The average molecular weight is 554 g/mol. The van der Waals surface area contributed by atoms with Crippen molar-refractivity contribution in [3.05, 3.63) is 62.0 Å². The molecule has 0 N–H and O–H groups in total. The van der Waals surface area contributed by atoms with Crippen LogP contribution in [0.2, 0.25) is 0 Å². The highest BCUT2D eigenvalue weighted by Crippen LogP contribution is 2.36. The van der Waals surface area contributed by atoms with Gasteiger partial charge in [0.05, 0.1) is 17.6 Å². The predicted octanol–water partition coefficient (Wildman–Crippen LogP) is 3.41. The number of pyridine rings is 1. The minimum atomic E-state index is -0.371. The van der Waals surface area contributed by atoms with E-state index in [0.717, 1.165) is 18.5 Å². The van der Waals surface area contributed by atoms with Crippen molar-refractivity contribution in [2.45, 2.75) is 25.9 Å². The molecule has 1 aromatic heterocycles. The number of carbonyl (C=O) groups excluding carboxylic acids is 1. The zero-order valence-corrected chi connectivity index (χ0v) is 22.9. The number of benzene rings is 1. The lowest BCUT2D eigenvalue weighted by Crippen LogP contribution is -2.48. The number of nitriles is 1. The maximum Gasteiger partial charge on any atom is 0.270 e. The molecular weight excluding hydrogens is 525 g/mol. The Bertz CT molecular complexity index is 1400. The molecule has 198 valence electrons. The molecule has 4 heterocycles. The Balaban J connectivity index is 1.47. The minimum Gasteiger partial charge on any atom is -0.376 e. The van der Waals surface area contributed by atoms with Crippen molar-refractivity contribution in [2.75, 3.05) is 49.1 Å². The summed E-state index contributed by atoms with van der Waals surface area (Å²) in [6.45, 7) is 5.42. The van der Waals surface area contributed by atoms with Crippen LogP contribution >= 0.6 is 24.0 Å². The fraction of sp³-hybridized carbons (Fsp3) is 0.407. The van der Waals surface area contributed by atoms with Gasteiger partial charge in [-0.25, -0.2) is 4.39 Å². The second-order valence-electron chi connectivity index (χ2n) is 9.59. The molecular formula is C27H28FN5O3S2. The van der Waals surface area contributed by atoms with Gasteiger partial charge in [-0.15, -0.1) is 0 Å². The largest absolute Gasteiger partial charge is 0.376 e. The van der Waals surface area contributed by atoms with Crippen LogP contribution in [-0.4, -0.2) is 65.1 Å². The van der Waals surface area contributed by atoms with E-state index in [1.165, 1.54) is 28.5 Å². The number of carbonyl (C=O) groups is 1. The van der Waals surface area contributed by atoms with Gasteiger partial charge in [0.25, 0.3) is 11.5 Å². The number of hydrogen-bond acceptors (Lipinski definition) is 8. The summed E-state index contributed by atoms with van der Waals surface area (Å²) in [4.78, 5) is 32.8. The number of anilines is 2. The minimum absolute atomic E-state index is 0.0192. The molecule has 0 aliphatic carbocycles. The number of thioether (sulfide) groups is 1. The van der Waals surface area contributed by atoms with Gasteiger partial charge in [0, 0.05) is 51.1 Å². The second-order valence-corrected chi connectivity index (χ2v) is 11.3. The van der Waals surface area contributed by atoms with Crippen molar-refractivity contribution in [1.82, 2.24) is 9.47 Å². The monoisotopic (exact) mass is 553 g/mol. The first-order valence-corrected chi connectivity index (χ1v) is 13.8. The normalized spacial score (nSPS) is 21.1. The van der Waals surface area contributed by atoms with Crippen LogP contribution in [0.15, 0.2) is 34.0 Å². The summed E-state index contributed by atoms with van der Waals surface area (Å²) >= 11 is 6.76. The van der Waals surface area contributed by atoms with Gasteiger partial charge >= 0.3 is 0 Å². The van der Waals surface area contributed by atoms with Gasteiger partial charge in [-0.3, -0.25) is 19.1 Å². The van der Waals surface area contributed by atoms with Crippen LogP contribution in [0.5, 0.6) is 0 Å². The summed E-state index contributed by atoms with van der Waals surface area (Å²) in [7, 11) is 1.66. The number of rotatable bonds is 5. The summed E-state index contributed by atoms with van der Waals surface area (Å²) in [5.74, 6) is 0.199. The maximum atomic E-state index is 13.4. The van der Waals surface area contributed by atoms with E-state index in [4.69, 9.17) is 17.0 Å². The van der Waals surface area contributed by atoms with Crippen LogP contribution in [0.3, 0.4) is 0 Å². The van der Waals surface area contributed by atoms with E-state index in [1.54, 1.807) is 37.1 Å². The second kappa shape index (κ2) is 10.9. The Labute approximate surface area is 230 Å². The Hall–Kier alpha value is -3.20. The Kier molecular flexibility index (Phi) is 7.56. The topological polar surface area (TPSA) is 81.8 Å². The first-order chi connectivity index (χ1) is 18.3. The summed E-state index contributed by atoms with van der Waals surface area (Å²) in [6.07, 6.45) is 3.62. The lowest BCUT2D eigenvalue weighted by Gasteiger charge is -2.38. The third-order valence-electron chi connectivity index (χ3n) is 7.30. The number of thiocarbonyl (C=S) groups is 1. The summed E-state index contributed by atoms with van der Waals surface area (Å²) in [5.41, 5.74) is 1.82. The van der Waals surface area contributed by atoms with Crippen molar-refractivity contribution in [2.24, 2.45) is 7.05 Å². The highest BCUT2D eigenvalue weighted by molar-refractivity contribution is 8.26. The fourth-order valence-electron chi connectivity index (χ4n) is 5.20. The third kappa shape index (κ3) is 4.96. The molecule has 5 rings (SSSR count). The van der Waals surface area contributed by atoms with Crippen LogP contribution in [0.1, 0.15) is 29.5 Å². The Morgan fingerprint density at radius 3 is 2.50 bits per heavy atom. The molecule has 2 aromatic rings. The van der Waals surface area contributed by atoms with Crippen molar-refractivity contribution >= 4 is 51.8 Å². The average Bonchev–Trinajstić information content (AvgIpc) is 3.52. The molecule has 11 heteroatoms. The lowest BCUT2D eigenvalue weighted by atomic mass is 10.0. The number of halogens is 1. The van der Waals surface area contributed by atoms with Gasteiger partial charge in [-0.2, -0.15) is 5.26 Å². The molecule has 0 saturated carbocycles. The van der Waals surface area contributed by atoms with E-state index < -0.39 is 0 Å². The van der Waals surface area contributed by atoms with Gasteiger partial charge in [0.15, 0.2) is 0 Å². The molecule has 3 aliphatic heterocycles. The fourth-order valence-corrected chi connectivity index (χ4v) is 6.46. The molecule has 1 aromatic carbocycles. The smallest absolute Gasteiger partial charge is 0.270 e. The number of amides is 1. The number of nitrogens with zero attached hydrogens (tertiary/aromatic N) is 5. The molecule has 1 amide bonds. The summed E-state index contributed by atoms with van der Waals surface area (Å²) in [5, 5.41) is 9.74. The highest BCUT2D eigenvalue weighted by atomic mass is 32.2. The molecule has 1 atom stereocenters. The molecule has 0 radical (unpaired) electrons. The molecule has 3 saturated heterocycles. The van der Waals surface area contributed by atoms with Crippen LogP contribution in [-0.2, 0) is 16.6 Å². The first-order valence-electron chi connectivity index (χ1n) is 12.5. The predicted molar refractivity (Wildman–Crippen MR) is 151 cm³/mol. The molecule has 3 fully saturated rings. The SMILES string of the molecule is Cc1c(/C=C2\SC(=S)N(CC3CCCO3)C2=O)c(N2CCN(c3ccc(F)cc3)CC2)n(C)c(=O)c1C#N. The molecule has 0 bridgehead atoms. The van der Waals surface area contributed by atoms with Crippen molar-refractivity contribution < 1.29 is 13.9 Å². The zero-order chi connectivity index (χ0) is 27.0. The van der Waals surface area contributed by atoms with Crippen molar-refractivity contribution in [1.29, 1.82) is 5.26 Å². The number of piperazine rings is 1. The Morgan fingerprint density at radius 1 is 1.18 bits per heavy atom. The number of ether oxygens (including phenoxy) is 1. The van der Waals surface area contributed by atoms with Crippen LogP contribution in [0, 0.1) is 24.1 Å². The van der Waals surface area contributed by atoms with Crippen molar-refractivity contribution in [3.8, 4) is 6.07 Å². The van der Waals surface area contributed by atoms with Crippen LogP contribution in [0.4, 0.5) is 15.9 Å². The number of aromatic nitrogens is 1. The van der Waals surface area contributed by atoms with E-state index >= 15 is 0 Å². The summed E-state index contributed by atoms with van der Waals surface area (Å²) in [6, 6.07) is 8.46. The third-order valence-corrected chi connectivity index (χ3v) is 8.68. The standard InChI is InChI=1S/C27H28FN5O3S2/c1-17-21(14-23-26(35)33(27(37)38-23)16-20-4-3-13-36-20)24(30(2)25(34)22(17)15-29)32-11-9-31(10-12-32)19-7-5-18(28)6-8-19/h5-8,14,20H,3-4,9-13,16H2,1-2H3/b23-14-. The molecule has 38 heavy (non-hydrogen) atoms. The molecule has 1 unspecified atom stereocenters. The van der Waals surface area contributed by atoms with Gasteiger partial charge in [0.1, 0.15) is 27.6 Å². The number of hydrogen-bond donors (Lipinski definition) is 0. The molecule has 0 spiro atoms. The van der Waals surface area contributed by atoms with E-state index in [2.05, 4.69) is 9.80 Å². The van der Waals surface area contributed by atoms with E-state index in [0.29, 0.717) is 65.5 Å². The molecule has 3 aliphatic rings. The van der Waals surface area contributed by atoms with Gasteiger partial charge in [-0.05, 0) is 55.7 Å². The van der Waals surface area contributed by atoms with Crippen molar-refractivity contribution in [3.63, 3.8) is 0 Å². The van der Waals surface area contributed by atoms with E-state index in [9.17, 15) is 19.2 Å². The summed E-state index contributed by atoms with van der Waals surface area (Å²) < 4.78 is 21.1. The van der Waals surface area contributed by atoms with Gasteiger partial charge in [0.2, 0.25) is 0 Å². The van der Waals surface area contributed by atoms with Gasteiger partial charge < -0.3 is 14.5 Å². The van der Waals surface area contributed by atoms with E-state index in [1.807, 2.05) is 6.07 Å². The maximum absolute atomic E-state index is 13.4. The lowest BCUT2D eigenvalue weighted by molar-refractivity contribution is -0.123. The Morgan fingerprint density at radius 2 is 1.87 bits per heavy atom. The quantitative estimate of drug-likeness (QED) is 0.412. The zero-order valence-electron chi connectivity index (χ0n) is 21.3. The van der Waals surface area contributed by atoms with Crippen LogP contribution < -0.4 is 15.4 Å². The molecule has 8 nitrogen and oxygen atoms in total.